The van der Waals surface area contributed by atoms with Gasteiger partial charge in [0.05, 0.1) is 16.9 Å². The number of aliphatic hydroxyl groups is 1. The predicted molar refractivity (Wildman–Crippen MR) is 116 cm³/mol. The second-order valence-electron chi connectivity index (χ2n) is 6.71. The van der Waals surface area contributed by atoms with Gasteiger partial charge in [0, 0.05) is 12.1 Å². The van der Waals surface area contributed by atoms with Gasteiger partial charge in [-0.2, -0.15) is 0 Å². The van der Waals surface area contributed by atoms with Gasteiger partial charge in [0.1, 0.15) is 12.7 Å². The van der Waals surface area contributed by atoms with E-state index in [4.69, 9.17) is 27.9 Å². The summed E-state index contributed by atoms with van der Waals surface area (Å²) in [6.07, 6.45) is -0.836. The van der Waals surface area contributed by atoms with Crippen molar-refractivity contribution >= 4 is 40.8 Å². The first kappa shape index (κ1) is 24.6. The van der Waals surface area contributed by atoms with Crippen LogP contribution in [0.1, 0.15) is 36.5 Å². The molecule has 3 atom stereocenters. The molecule has 0 aliphatic carbocycles. The molecule has 8 nitrogen and oxygen atoms in total. The van der Waals surface area contributed by atoms with E-state index in [2.05, 4.69) is 5.32 Å². The van der Waals surface area contributed by atoms with Gasteiger partial charge >= 0.3 is 5.97 Å². The van der Waals surface area contributed by atoms with E-state index in [1.165, 1.54) is 24.3 Å². The minimum absolute atomic E-state index is 0.154. The minimum Gasteiger partial charge on any atom is -0.463 e. The van der Waals surface area contributed by atoms with Gasteiger partial charge in [0.2, 0.25) is 0 Å². The Morgan fingerprint density at radius 1 is 1.10 bits per heavy atom. The van der Waals surface area contributed by atoms with Crippen LogP contribution in [0, 0.1) is 10.1 Å². The molecule has 0 heterocycles. The van der Waals surface area contributed by atoms with Gasteiger partial charge in [-0.25, -0.2) is 0 Å². The number of benzene rings is 2. The molecule has 31 heavy (non-hydrogen) atoms. The lowest BCUT2D eigenvalue weighted by Crippen LogP contribution is -2.45. The quantitative estimate of drug-likeness (QED) is 0.237. The Morgan fingerprint density at radius 3 is 2.23 bits per heavy atom. The summed E-state index contributed by atoms with van der Waals surface area (Å²) in [5.41, 5.74) is 0.911. The van der Waals surface area contributed by atoms with Gasteiger partial charge < -0.3 is 15.2 Å². The van der Waals surface area contributed by atoms with Crippen LogP contribution < -0.4 is 5.32 Å². The van der Waals surface area contributed by atoms with E-state index in [-0.39, 0.29) is 17.9 Å². The lowest BCUT2D eigenvalue weighted by atomic mass is 9.97. The molecular formula is C21H22Cl2N2O6. The monoisotopic (exact) mass is 468 g/mol. The third-order valence-electron chi connectivity index (χ3n) is 4.65. The number of carbonyl (C=O) groups is 2. The van der Waals surface area contributed by atoms with Crippen molar-refractivity contribution in [1.29, 1.82) is 0 Å². The Labute approximate surface area is 189 Å². The molecule has 166 valence electrons. The lowest BCUT2D eigenvalue weighted by molar-refractivity contribution is -0.384. The number of alkyl halides is 2. The van der Waals surface area contributed by atoms with Gasteiger partial charge in [0.25, 0.3) is 11.6 Å². The number of esters is 1. The number of halogens is 2. The van der Waals surface area contributed by atoms with Crippen LogP contribution in [0.3, 0.4) is 0 Å². The smallest absolute Gasteiger partial charge is 0.313 e. The lowest BCUT2D eigenvalue weighted by Gasteiger charge is -2.25. The van der Waals surface area contributed by atoms with Crippen LogP contribution in [0.4, 0.5) is 5.69 Å². The third-order valence-corrected chi connectivity index (χ3v) is 5.05. The van der Waals surface area contributed by atoms with E-state index in [0.29, 0.717) is 6.42 Å². The number of carbonyl (C=O) groups excluding carboxylic acids is 2. The predicted octanol–water partition coefficient (Wildman–Crippen LogP) is 3.65. The number of nitro benzene ring substituents is 1. The number of nitro groups is 1. The standard InChI is InChI=1S/C21H22Cl2N2O6/c1-2-16(13-6-4-3-5-7-13)21(28)31-12-17(24-20(27)19(22)23)18(26)14-8-10-15(11-9-14)25(29)30/h3-11,16-19,26H,2,12H2,1H3,(H,24,27)/t16-,17+,18+/m0/s1. The average molecular weight is 469 g/mol. The van der Waals surface area contributed by atoms with Crippen molar-refractivity contribution < 1.29 is 24.4 Å². The summed E-state index contributed by atoms with van der Waals surface area (Å²) in [5.74, 6) is -1.81. The molecule has 0 unspecified atom stereocenters. The van der Waals surface area contributed by atoms with Crippen LogP contribution in [0.15, 0.2) is 54.6 Å². The van der Waals surface area contributed by atoms with Crippen molar-refractivity contribution in [3.63, 3.8) is 0 Å². The second-order valence-corrected chi connectivity index (χ2v) is 7.81. The van der Waals surface area contributed by atoms with E-state index in [9.17, 15) is 24.8 Å². The molecular weight excluding hydrogens is 447 g/mol. The Morgan fingerprint density at radius 2 is 1.71 bits per heavy atom. The zero-order valence-electron chi connectivity index (χ0n) is 16.6. The summed E-state index contributed by atoms with van der Waals surface area (Å²) < 4.78 is 5.39. The van der Waals surface area contributed by atoms with Crippen molar-refractivity contribution in [2.75, 3.05) is 6.61 Å². The summed E-state index contributed by atoms with van der Waals surface area (Å²) in [4.78, 5) is 33.5. The number of hydrogen-bond acceptors (Lipinski definition) is 6. The molecule has 2 N–H and O–H groups in total. The summed E-state index contributed by atoms with van der Waals surface area (Å²) in [6.45, 7) is 1.49. The Bertz CT molecular complexity index is 893. The second kappa shape index (κ2) is 11.6. The molecule has 2 aromatic rings. The number of nitrogens with one attached hydrogen (secondary N) is 1. The minimum atomic E-state index is -1.39. The number of rotatable bonds is 10. The van der Waals surface area contributed by atoms with Gasteiger partial charge in [-0.3, -0.25) is 19.7 Å². The van der Waals surface area contributed by atoms with Crippen molar-refractivity contribution in [2.45, 2.75) is 36.2 Å². The highest BCUT2D eigenvalue weighted by Gasteiger charge is 2.28. The Hall–Kier alpha value is -2.68. The van der Waals surface area contributed by atoms with Crippen LogP contribution >= 0.6 is 23.2 Å². The van der Waals surface area contributed by atoms with Crippen molar-refractivity contribution in [2.24, 2.45) is 0 Å². The summed E-state index contributed by atoms with van der Waals surface area (Å²) in [7, 11) is 0. The molecule has 0 aromatic heterocycles. The molecule has 2 rings (SSSR count). The fraction of sp³-hybridized carbons (Fsp3) is 0.333. The third kappa shape index (κ3) is 6.92. The van der Waals surface area contributed by atoms with Crippen LogP contribution in [0.5, 0.6) is 0 Å². The number of non-ortho nitro benzene ring substituents is 1. The Balaban J connectivity index is 2.16. The van der Waals surface area contributed by atoms with Crippen LogP contribution in [0.2, 0.25) is 0 Å². The maximum absolute atomic E-state index is 12.6. The zero-order valence-corrected chi connectivity index (χ0v) is 18.1. The van der Waals surface area contributed by atoms with E-state index in [1.807, 2.05) is 37.3 Å². The van der Waals surface area contributed by atoms with Gasteiger partial charge in [-0.15, -0.1) is 0 Å². The SMILES string of the molecule is CC[C@H](C(=O)OC[C@@H](NC(=O)C(Cl)Cl)[C@H](O)c1ccc([N+](=O)[O-])cc1)c1ccccc1. The van der Waals surface area contributed by atoms with E-state index < -0.39 is 39.7 Å². The summed E-state index contributed by atoms with van der Waals surface area (Å²) >= 11 is 11.2. The average Bonchev–Trinajstić information content (AvgIpc) is 2.77. The van der Waals surface area contributed by atoms with Crippen LogP contribution in [-0.2, 0) is 14.3 Å². The molecule has 1 amide bonds. The number of amides is 1. The first-order valence-corrected chi connectivity index (χ1v) is 10.3. The molecule has 2 aromatic carbocycles. The fourth-order valence-corrected chi connectivity index (χ4v) is 3.11. The highest BCUT2D eigenvalue weighted by Crippen LogP contribution is 2.24. The van der Waals surface area contributed by atoms with E-state index in [1.54, 1.807) is 0 Å². The van der Waals surface area contributed by atoms with Gasteiger partial charge in [0.15, 0.2) is 4.84 Å². The summed E-state index contributed by atoms with van der Waals surface area (Å²) in [6, 6.07) is 13.1. The molecule has 0 saturated heterocycles. The first-order valence-electron chi connectivity index (χ1n) is 9.47. The molecule has 0 bridgehead atoms. The van der Waals surface area contributed by atoms with Crippen LogP contribution in [0.25, 0.3) is 0 Å². The van der Waals surface area contributed by atoms with Crippen molar-refractivity contribution in [1.82, 2.24) is 5.32 Å². The summed E-state index contributed by atoms with van der Waals surface area (Å²) in [5, 5.41) is 24.0. The van der Waals surface area contributed by atoms with Crippen molar-refractivity contribution in [3.8, 4) is 0 Å². The molecule has 0 saturated carbocycles. The maximum Gasteiger partial charge on any atom is 0.313 e. The number of aliphatic hydroxyl groups excluding tert-OH is 1. The molecule has 0 aliphatic heterocycles. The number of ether oxygens (including phenoxy) is 1. The number of nitrogens with zero attached hydrogens (tertiary/aromatic N) is 1. The van der Waals surface area contributed by atoms with E-state index in [0.717, 1.165) is 5.56 Å². The Kier molecular flexibility index (Phi) is 9.23. The highest BCUT2D eigenvalue weighted by atomic mass is 35.5. The normalized spacial score (nSPS) is 13.8. The highest BCUT2D eigenvalue weighted by molar-refractivity contribution is 6.53. The topological polar surface area (TPSA) is 119 Å². The van der Waals surface area contributed by atoms with Gasteiger partial charge in [-0.05, 0) is 29.7 Å². The zero-order chi connectivity index (χ0) is 23.0. The maximum atomic E-state index is 12.6. The molecule has 0 aliphatic rings. The van der Waals surface area contributed by atoms with E-state index >= 15 is 0 Å². The van der Waals surface area contributed by atoms with Gasteiger partial charge in [-0.1, -0.05) is 60.5 Å². The molecule has 0 spiro atoms. The molecule has 0 fully saturated rings. The molecule has 0 radical (unpaired) electrons. The number of hydrogen-bond donors (Lipinski definition) is 2. The largest absolute Gasteiger partial charge is 0.463 e. The van der Waals surface area contributed by atoms with Crippen LogP contribution in [-0.4, -0.2) is 39.4 Å². The molecule has 10 heteroatoms. The first-order chi connectivity index (χ1) is 14.7. The van der Waals surface area contributed by atoms with Crippen molar-refractivity contribution in [3.05, 3.63) is 75.8 Å². The fourth-order valence-electron chi connectivity index (χ4n) is 2.98.